The molecule has 0 N–H and O–H groups in total. The maximum atomic E-state index is 13.9. The topological polar surface area (TPSA) is 110 Å². The minimum absolute atomic E-state index is 0.0308. The Morgan fingerprint density at radius 1 is 1.11 bits per heavy atom. The number of nitriles is 1. The number of hydrogen-bond donors (Lipinski definition) is 0. The third-order valence-corrected chi connectivity index (χ3v) is 7.86. The van der Waals surface area contributed by atoms with Crippen LogP contribution in [-0.4, -0.2) is 40.4 Å². The number of benzene rings is 2. The number of Topliss-reactive ketones (excluding diaryl/α,β-unsaturated/α-hetero) is 1. The highest BCUT2D eigenvalue weighted by Crippen LogP contribution is 2.61. The highest BCUT2D eigenvalue weighted by atomic mass is 35.5. The molecule has 2 bridgehead atoms. The number of anilines is 1. The van der Waals surface area contributed by atoms with Gasteiger partial charge in [-0.05, 0) is 25.1 Å². The molecule has 3 aliphatic rings. The first kappa shape index (κ1) is 22.7. The van der Waals surface area contributed by atoms with Gasteiger partial charge in [0.15, 0.2) is 5.78 Å². The summed E-state index contributed by atoms with van der Waals surface area (Å²) in [5.41, 5.74) is -1.68. The van der Waals surface area contributed by atoms with E-state index in [-0.39, 0.29) is 25.2 Å². The van der Waals surface area contributed by atoms with Crippen LogP contribution >= 0.6 is 11.6 Å². The van der Waals surface area contributed by atoms with Crippen molar-refractivity contribution in [1.29, 1.82) is 5.26 Å². The smallest absolute Gasteiger partial charge is 0.241 e. The van der Waals surface area contributed by atoms with E-state index in [4.69, 9.17) is 21.1 Å². The van der Waals surface area contributed by atoms with Gasteiger partial charge in [-0.3, -0.25) is 14.4 Å². The molecule has 0 radical (unpaired) electrons. The Morgan fingerprint density at radius 3 is 2.58 bits per heavy atom. The van der Waals surface area contributed by atoms with Gasteiger partial charge in [0.1, 0.15) is 5.60 Å². The molecule has 3 fully saturated rings. The van der Waals surface area contributed by atoms with Gasteiger partial charge in [0.2, 0.25) is 17.7 Å². The van der Waals surface area contributed by atoms with E-state index >= 15 is 0 Å². The van der Waals surface area contributed by atoms with Crippen LogP contribution in [0.15, 0.2) is 54.7 Å². The fraction of sp³-hybridized carbons (Fsp3) is 0.296. The number of fused-ring (bicyclic) bond motifs is 6. The van der Waals surface area contributed by atoms with E-state index in [0.717, 1.165) is 0 Å². The number of aromatic nitrogens is 1. The Bertz CT molecular complexity index is 1500. The van der Waals surface area contributed by atoms with Crippen LogP contribution in [-0.2, 0) is 19.1 Å². The molecule has 9 heteroatoms. The minimum atomic E-state index is -1.38. The summed E-state index contributed by atoms with van der Waals surface area (Å²) < 4.78 is 12.0. The van der Waals surface area contributed by atoms with E-state index in [9.17, 15) is 19.6 Å². The average Bonchev–Trinajstić information content (AvgIpc) is 3.41. The second-order valence-electron chi connectivity index (χ2n) is 9.54. The Hall–Kier alpha value is -3.80. The van der Waals surface area contributed by atoms with Crippen LogP contribution in [0.5, 0.6) is 5.88 Å². The van der Waals surface area contributed by atoms with Crippen molar-refractivity contribution in [1.82, 2.24) is 4.98 Å². The molecule has 0 spiro atoms. The van der Waals surface area contributed by atoms with Gasteiger partial charge >= 0.3 is 0 Å². The number of hydrogen-bond acceptors (Lipinski definition) is 7. The van der Waals surface area contributed by atoms with Crippen molar-refractivity contribution in [2.45, 2.75) is 31.0 Å². The predicted molar refractivity (Wildman–Crippen MR) is 129 cm³/mol. The molecule has 4 atom stereocenters. The lowest BCUT2D eigenvalue weighted by molar-refractivity contribution is -0.140. The van der Waals surface area contributed by atoms with Gasteiger partial charge in [0.25, 0.3) is 0 Å². The molecule has 2 unspecified atom stereocenters. The molecule has 3 saturated heterocycles. The Balaban J connectivity index is 1.36. The van der Waals surface area contributed by atoms with Crippen molar-refractivity contribution >= 4 is 45.7 Å². The zero-order valence-electron chi connectivity index (χ0n) is 19.2. The molecular formula is C27H20ClN3O5. The molecule has 3 aliphatic heterocycles. The number of nitrogens with zero attached hydrogens (tertiary/aromatic N) is 3. The molecule has 8 nitrogen and oxygen atoms in total. The van der Waals surface area contributed by atoms with Gasteiger partial charge in [0.05, 0.1) is 46.4 Å². The third kappa shape index (κ3) is 3.03. The molecule has 0 aliphatic carbocycles. The summed E-state index contributed by atoms with van der Waals surface area (Å²) >= 11 is 5.87. The van der Waals surface area contributed by atoms with Crippen LogP contribution in [0, 0.1) is 23.2 Å². The van der Waals surface area contributed by atoms with Crippen LogP contribution in [0.3, 0.4) is 0 Å². The van der Waals surface area contributed by atoms with Crippen LogP contribution in [0.25, 0.3) is 10.8 Å². The third-order valence-electron chi connectivity index (χ3n) is 7.63. The van der Waals surface area contributed by atoms with Gasteiger partial charge in [0, 0.05) is 35.9 Å². The number of carbonyl (C=O) groups is 3. The maximum Gasteiger partial charge on any atom is 0.241 e. The second kappa shape index (κ2) is 7.85. The zero-order valence-corrected chi connectivity index (χ0v) is 20.0. The lowest BCUT2D eigenvalue weighted by atomic mass is 9.66. The molecule has 2 amide bonds. The Morgan fingerprint density at radius 2 is 1.86 bits per heavy atom. The van der Waals surface area contributed by atoms with Gasteiger partial charge in [-0.25, -0.2) is 9.88 Å². The SMILES string of the molecule is CC12OC(CCOc3ccc(Cl)cn3)(CC1=O)[C@H]1C(=O)N(c3ccc(C#N)c4ccccc34)C(=O)[C@H]12. The highest BCUT2D eigenvalue weighted by molar-refractivity contribution is 6.30. The van der Waals surface area contributed by atoms with Crippen molar-refractivity contribution in [2.75, 3.05) is 11.5 Å². The van der Waals surface area contributed by atoms with Crippen molar-refractivity contribution in [2.24, 2.45) is 11.8 Å². The lowest BCUT2D eigenvalue weighted by Crippen LogP contribution is -2.47. The van der Waals surface area contributed by atoms with Gasteiger partial charge in [-0.2, -0.15) is 5.26 Å². The highest BCUT2D eigenvalue weighted by Gasteiger charge is 2.77. The van der Waals surface area contributed by atoms with E-state index in [0.29, 0.717) is 32.9 Å². The average molecular weight is 502 g/mol. The summed E-state index contributed by atoms with van der Waals surface area (Å²) in [7, 11) is 0. The van der Waals surface area contributed by atoms with Crippen molar-refractivity contribution in [3.63, 3.8) is 0 Å². The summed E-state index contributed by atoms with van der Waals surface area (Å²) in [6.07, 6.45) is 1.73. The molecule has 6 rings (SSSR count). The van der Waals surface area contributed by atoms with Crippen LogP contribution in [0.2, 0.25) is 5.02 Å². The minimum Gasteiger partial charge on any atom is -0.478 e. The number of ether oxygens (including phenoxy) is 2. The predicted octanol–water partition coefficient (Wildman–Crippen LogP) is 3.84. The first-order chi connectivity index (χ1) is 17.3. The van der Waals surface area contributed by atoms with Crippen molar-refractivity contribution in [3.05, 3.63) is 65.3 Å². The Labute approximate surface area is 211 Å². The van der Waals surface area contributed by atoms with Gasteiger partial charge < -0.3 is 9.47 Å². The number of imide groups is 1. The van der Waals surface area contributed by atoms with E-state index in [1.807, 2.05) is 0 Å². The van der Waals surface area contributed by atoms with E-state index in [1.165, 1.54) is 11.1 Å². The fourth-order valence-corrected chi connectivity index (χ4v) is 6.12. The van der Waals surface area contributed by atoms with Gasteiger partial charge in [-0.1, -0.05) is 35.9 Å². The number of pyridine rings is 1. The monoisotopic (exact) mass is 501 g/mol. The molecule has 180 valence electrons. The largest absolute Gasteiger partial charge is 0.478 e. The van der Waals surface area contributed by atoms with E-state index < -0.39 is 34.9 Å². The molecule has 2 aromatic carbocycles. The quantitative estimate of drug-likeness (QED) is 0.488. The normalized spacial score (nSPS) is 28.6. The summed E-state index contributed by atoms with van der Waals surface area (Å²) in [6, 6.07) is 15.8. The van der Waals surface area contributed by atoms with E-state index in [2.05, 4.69) is 11.1 Å². The summed E-state index contributed by atoms with van der Waals surface area (Å²) in [6.45, 7) is 1.75. The molecule has 1 aromatic heterocycles. The number of carbonyl (C=O) groups excluding carboxylic acids is 3. The first-order valence-corrected chi connectivity index (χ1v) is 11.9. The maximum absolute atomic E-state index is 13.9. The van der Waals surface area contributed by atoms with E-state index in [1.54, 1.807) is 55.5 Å². The van der Waals surface area contributed by atoms with Crippen LogP contribution < -0.4 is 9.64 Å². The summed E-state index contributed by atoms with van der Waals surface area (Å²) in [4.78, 5) is 46.0. The second-order valence-corrected chi connectivity index (χ2v) is 9.98. The molecule has 3 aromatic rings. The summed E-state index contributed by atoms with van der Waals surface area (Å²) in [5.74, 6) is -2.44. The molecule has 36 heavy (non-hydrogen) atoms. The molecular weight excluding hydrogens is 482 g/mol. The molecule has 4 heterocycles. The van der Waals surface area contributed by atoms with Crippen molar-refractivity contribution in [3.8, 4) is 11.9 Å². The number of amides is 2. The number of ketones is 1. The van der Waals surface area contributed by atoms with Gasteiger partial charge in [-0.15, -0.1) is 0 Å². The molecule has 0 saturated carbocycles. The lowest BCUT2D eigenvalue weighted by Gasteiger charge is -2.30. The zero-order chi connectivity index (χ0) is 25.2. The Kier molecular flexibility index (Phi) is 4.94. The van der Waals surface area contributed by atoms with Crippen LogP contribution in [0.4, 0.5) is 5.69 Å². The first-order valence-electron chi connectivity index (χ1n) is 11.6. The fourth-order valence-electron chi connectivity index (χ4n) is 6.01. The number of halogens is 1. The summed E-state index contributed by atoms with van der Waals surface area (Å²) in [5, 5.41) is 11.3. The standard InChI is InChI=1S/C27H20ClN3O5/c1-26-20(32)12-27(36-26,10-11-35-21-9-7-16(28)14-30-21)23-22(26)24(33)31(25(23)34)19-8-6-15(13-29)17-4-2-3-5-18(17)19/h2-9,14,22-23H,10-12H2,1H3/t22-,23+,26?,27?/m0/s1. The number of rotatable bonds is 5. The van der Waals surface area contributed by atoms with Crippen molar-refractivity contribution < 1.29 is 23.9 Å². The van der Waals surface area contributed by atoms with Crippen LogP contribution in [0.1, 0.15) is 25.3 Å².